The standard InChI is InChI=1S/C17H20FN3O4S/c1-12-16(13(2)25-19-12)17(22)20-8-3-9-21(11-10-20)26(23,24)15-6-4-14(18)5-7-15/h4-7H,3,8-11H2,1-2H3. The van der Waals surface area contributed by atoms with Crippen molar-refractivity contribution in [1.82, 2.24) is 14.4 Å². The van der Waals surface area contributed by atoms with Crippen LogP contribution in [0.3, 0.4) is 0 Å². The predicted octanol–water partition coefficient (Wildman–Crippen LogP) is 1.97. The van der Waals surface area contributed by atoms with Crippen LogP contribution in [-0.4, -0.2) is 54.9 Å². The lowest BCUT2D eigenvalue weighted by molar-refractivity contribution is 0.0762. The second kappa shape index (κ2) is 7.16. The van der Waals surface area contributed by atoms with Gasteiger partial charge < -0.3 is 9.42 Å². The molecule has 0 aliphatic carbocycles. The van der Waals surface area contributed by atoms with Crippen LogP contribution in [0.2, 0.25) is 0 Å². The highest BCUT2D eigenvalue weighted by atomic mass is 32.2. The van der Waals surface area contributed by atoms with Crippen LogP contribution in [0.5, 0.6) is 0 Å². The second-order valence-corrected chi connectivity index (χ2v) is 8.14. The van der Waals surface area contributed by atoms with E-state index in [1.807, 2.05) is 0 Å². The average Bonchev–Trinajstić information content (AvgIpc) is 2.81. The monoisotopic (exact) mass is 381 g/mol. The van der Waals surface area contributed by atoms with E-state index in [1.165, 1.54) is 16.4 Å². The number of carbonyl (C=O) groups is 1. The van der Waals surface area contributed by atoms with Gasteiger partial charge in [-0.25, -0.2) is 12.8 Å². The summed E-state index contributed by atoms with van der Waals surface area (Å²) in [5.41, 5.74) is 0.951. The van der Waals surface area contributed by atoms with Crippen molar-refractivity contribution >= 4 is 15.9 Å². The summed E-state index contributed by atoms with van der Waals surface area (Å²) in [6.45, 7) is 4.56. The Morgan fingerprint density at radius 3 is 2.42 bits per heavy atom. The molecule has 26 heavy (non-hydrogen) atoms. The maximum absolute atomic E-state index is 13.1. The summed E-state index contributed by atoms with van der Waals surface area (Å²) in [4.78, 5) is 14.4. The first-order valence-electron chi connectivity index (χ1n) is 8.28. The van der Waals surface area contributed by atoms with Crippen LogP contribution in [0, 0.1) is 19.7 Å². The Bertz CT molecular complexity index is 889. The maximum Gasteiger partial charge on any atom is 0.259 e. The molecule has 1 aromatic carbocycles. The topological polar surface area (TPSA) is 83.7 Å². The number of hydrogen-bond donors (Lipinski definition) is 0. The Balaban J connectivity index is 1.76. The van der Waals surface area contributed by atoms with Crippen LogP contribution in [0.15, 0.2) is 33.7 Å². The van der Waals surface area contributed by atoms with Crippen LogP contribution in [0.4, 0.5) is 4.39 Å². The van der Waals surface area contributed by atoms with Crippen LogP contribution in [0.1, 0.15) is 28.2 Å². The van der Waals surface area contributed by atoms with Crippen molar-refractivity contribution in [2.75, 3.05) is 26.2 Å². The SMILES string of the molecule is Cc1noc(C)c1C(=O)N1CCCN(S(=O)(=O)c2ccc(F)cc2)CC1. The van der Waals surface area contributed by atoms with E-state index >= 15 is 0 Å². The molecule has 0 saturated carbocycles. The number of carbonyl (C=O) groups excluding carboxylic acids is 1. The fourth-order valence-corrected chi connectivity index (χ4v) is 4.51. The van der Waals surface area contributed by atoms with Crippen molar-refractivity contribution in [2.45, 2.75) is 25.2 Å². The molecule has 1 saturated heterocycles. The van der Waals surface area contributed by atoms with E-state index in [1.54, 1.807) is 18.7 Å². The number of aryl methyl sites for hydroxylation is 2. The summed E-state index contributed by atoms with van der Waals surface area (Å²) in [7, 11) is -3.72. The van der Waals surface area contributed by atoms with Gasteiger partial charge in [-0.1, -0.05) is 5.16 Å². The highest BCUT2D eigenvalue weighted by Gasteiger charge is 2.30. The molecule has 1 amide bonds. The quantitative estimate of drug-likeness (QED) is 0.812. The van der Waals surface area contributed by atoms with E-state index in [2.05, 4.69) is 5.16 Å². The Labute approximate surface area is 151 Å². The summed E-state index contributed by atoms with van der Waals surface area (Å²) >= 11 is 0. The molecule has 2 heterocycles. The van der Waals surface area contributed by atoms with E-state index < -0.39 is 15.8 Å². The zero-order chi connectivity index (χ0) is 18.9. The van der Waals surface area contributed by atoms with Gasteiger partial charge >= 0.3 is 0 Å². The highest BCUT2D eigenvalue weighted by molar-refractivity contribution is 7.89. The number of amides is 1. The van der Waals surface area contributed by atoms with Crippen molar-refractivity contribution in [3.8, 4) is 0 Å². The number of benzene rings is 1. The first kappa shape index (κ1) is 18.5. The minimum atomic E-state index is -3.72. The van der Waals surface area contributed by atoms with Gasteiger partial charge in [0.1, 0.15) is 17.1 Å². The summed E-state index contributed by atoms with van der Waals surface area (Å²) in [6, 6.07) is 4.75. The minimum absolute atomic E-state index is 0.0457. The molecule has 0 radical (unpaired) electrons. The third kappa shape index (κ3) is 3.49. The molecule has 3 rings (SSSR count). The molecule has 1 aliphatic rings. The zero-order valence-corrected chi connectivity index (χ0v) is 15.4. The molecule has 140 valence electrons. The van der Waals surface area contributed by atoms with Gasteiger partial charge in [0.15, 0.2) is 0 Å². The molecule has 9 heteroatoms. The molecule has 7 nitrogen and oxygen atoms in total. The molecular formula is C17H20FN3O4S. The molecule has 1 fully saturated rings. The van der Waals surface area contributed by atoms with E-state index in [-0.39, 0.29) is 23.9 Å². The van der Waals surface area contributed by atoms with E-state index in [0.29, 0.717) is 36.5 Å². The molecule has 0 spiro atoms. The van der Waals surface area contributed by atoms with Crippen LogP contribution in [-0.2, 0) is 10.0 Å². The van der Waals surface area contributed by atoms with Crippen LogP contribution >= 0.6 is 0 Å². The second-order valence-electron chi connectivity index (χ2n) is 6.20. The predicted molar refractivity (Wildman–Crippen MR) is 91.7 cm³/mol. The first-order valence-corrected chi connectivity index (χ1v) is 9.72. The van der Waals surface area contributed by atoms with Gasteiger partial charge in [0.05, 0.1) is 10.6 Å². The van der Waals surface area contributed by atoms with Gasteiger partial charge in [0.25, 0.3) is 5.91 Å². The minimum Gasteiger partial charge on any atom is -0.361 e. The number of sulfonamides is 1. The van der Waals surface area contributed by atoms with Crippen molar-refractivity contribution in [2.24, 2.45) is 0 Å². The zero-order valence-electron chi connectivity index (χ0n) is 14.6. The van der Waals surface area contributed by atoms with Crippen molar-refractivity contribution in [1.29, 1.82) is 0 Å². The normalized spacial score (nSPS) is 16.5. The van der Waals surface area contributed by atoms with Gasteiger partial charge in [-0.05, 0) is 44.5 Å². The number of aromatic nitrogens is 1. The molecule has 1 aromatic heterocycles. The summed E-state index contributed by atoms with van der Waals surface area (Å²) in [5.74, 6) is -0.245. The van der Waals surface area contributed by atoms with Gasteiger partial charge in [0.2, 0.25) is 10.0 Å². The molecule has 0 bridgehead atoms. The third-order valence-electron chi connectivity index (χ3n) is 4.44. The summed E-state index contributed by atoms with van der Waals surface area (Å²) in [6.07, 6.45) is 0.509. The molecule has 1 aliphatic heterocycles. The lowest BCUT2D eigenvalue weighted by atomic mass is 10.1. The lowest BCUT2D eigenvalue weighted by Gasteiger charge is -2.22. The van der Waals surface area contributed by atoms with Crippen LogP contribution in [0.25, 0.3) is 0 Å². The maximum atomic E-state index is 13.1. The Morgan fingerprint density at radius 1 is 1.12 bits per heavy atom. The molecule has 0 unspecified atom stereocenters. The molecule has 0 atom stereocenters. The average molecular weight is 381 g/mol. The van der Waals surface area contributed by atoms with Crippen molar-refractivity contribution in [3.05, 3.63) is 47.1 Å². The van der Waals surface area contributed by atoms with Gasteiger partial charge in [-0.2, -0.15) is 4.31 Å². The highest BCUT2D eigenvalue weighted by Crippen LogP contribution is 2.20. The number of rotatable bonds is 3. The Morgan fingerprint density at radius 2 is 1.81 bits per heavy atom. The fourth-order valence-electron chi connectivity index (χ4n) is 3.04. The number of nitrogens with zero attached hydrogens (tertiary/aromatic N) is 3. The number of halogens is 1. The van der Waals surface area contributed by atoms with E-state index in [9.17, 15) is 17.6 Å². The van der Waals surface area contributed by atoms with E-state index in [0.717, 1.165) is 12.1 Å². The summed E-state index contributed by atoms with van der Waals surface area (Å²) in [5, 5.41) is 3.80. The van der Waals surface area contributed by atoms with Gasteiger partial charge in [-0.3, -0.25) is 4.79 Å². The lowest BCUT2D eigenvalue weighted by Crippen LogP contribution is -2.37. The van der Waals surface area contributed by atoms with E-state index in [4.69, 9.17) is 4.52 Å². The van der Waals surface area contributed by atoms with Crippen LogP contribution < -0.4 is 0 Å². The Kier molecular flexibility index (Phi) is 5.10. The molecule has 0 N–H and O–H groups in total. The fraction of sp³-hybridized carbons (Fsp3) is 0.412. The first-order chi connectivity index (χ1) is 12.3. The number of hydrogen-bond acceptors (Lipinski definition) is 5. The van der Waals surface area contributed by atoms with Crippen molar-refractivity contribution in [3.63, 3.8) is 0 Å². The third-order valence-corrected chi connectivity index (χ3v) is 6.35. The summed E-state index contributed by atoms with van der Waals surface area (Å²) < 4.78 is 44.9. The Hall–Kier alpha value is -2.26. The molecule has 2 aromatic rings. The van der Waals surface area contributed by atoms with Gasteiger partial charge in [0, 0.05) is 26.2 Å². The molecular weight excluding hydrogens is 361 g/mol. The van der Waals surface area contributed by atoms with Crippen molar-refractivity contribution < 1.29 is 22.1 Å². The largest absolute Gasteiger partial charge is 0.361 e. The smallest absolute Gasteiger partial charge is 0.259 e. The van der Waals surface area contributed by atoms with Gasteiger partial charge in [-0.15, -0.1) is 0 Å².